The number of nitrogens with zero attached hydrogens (tertiary/aromatic N) is 1. The van der Waals surface area contributed by atoms with Crippen LogP contribution in [-0.2, 0) is 14.2 Å². The fourth-order valence-corrected chi connectivity index (χ4v) is 10.3. The number of likely N-dealkylation sites (N-methyl/N-ethyl adjacent to an activating group) is 1. The second-order valence-electron chi connectivity index (χ2n) is 11.1. The number of piperidine rings is 1. The van der Waals surface area contributed by atoms with Crippen LogP contribution in [0.25, 0.3) is 0 Å². The van der Waals surface area contributed by atoms with E-state index in [2.05, 4.69) is 11.8 Å². The molecule has 0 aromatic heterocycles. The second-order valence-corrected chi connectivity index (χ2v) is 11.1. The van der Waals surface area contributed by atoms with Gasteiger partial charge in [-0.25, -0.2) is 0 Å². The van der Waals surface area contributed by atoms with E-state index in [4.69, 9.17) is 14.2 Å². The molecule has 5 saturated carbocycles. The van der Waals surface area contributed by atoms with Crippen LogP contribution in [0.1, 0.15) is 39.0 Å². The minimum atomic E-state index is -1.34. The highest BCUT2D eigenvalue weighted by molar-refractivity contribution is 5.38. The molecule has 12 atom stereocenters. The van der Waals surface area contributed by atoms with Crippen LogP contribution in [0.4, 0.5) is 0 Å². The Morgan fingerprint density at radius 3 is 2.40 bits per heavy atom. The Balaban J connectivity index is 1.63. The van der Waals surface area contributed by atoms with E-state index in [0.717, 1.165) is 32.2 Å². The van der Waals surface area contributed by atoms with Crippen molar-refractivity contribution in [2.24, 2.45) is 29.1 Å². The van der Waals surface area contributed by atoms with Gasteiger partial charge in [-0.15, -0.1) is 0 Å². The number of β-amino-alcohol motifs (C(OH)–C–C–N with tert-alkyl or cyclic N) is 1. The molecule has 0 aromatic rings. The molecule has 1 heterocycles. The van der Waals surface area contributed by atoms with Gasteiger partial charge in [-0.2, -0.15) is 0 Å². The summed E-state index contributed by atoms with van der Waals surface area (Å²) in [5, 5.41) is 36.8. The van der Waals surface area contributed by atoms with Crippen molar-refractivity contribution in [3.05, 3.63) is 0 Å². The van der Waals surface area contributed by atoms with Crippen LogP contribution in [0.3, 0.4) is 0 Å². The predicted molar refractivity (Wildman–Crippen MR) is 108 cm³/mol. The molecule has 0 radical (unpaired) electrons. The maximum atomic E-state index is 12.4. The van der Waals surface area contributed by atoms with E-state index < -0.39 is 22.9 Å². The Bertz CT molecular complexity index is 751. The fourth-order valence-electron chi connectivity index (χ4n) is 10.3. The minimum absolute atomic E-state index is 0.0300. The van der Waals surface area contributed by atoms with Crippen molar-refractivity contribution >= 4 is 0 Å². The van der Waals surface area contributed by atoms with Crippen molar-refractivity contribution in [1.82, 2.24) is 4.90 Å². The zero-order chi connectivity index (χ0) is 21.3. The van der Waals surface area contributed by atoms with Gasteiger partial charge in [-0.1, -0.05) is 6.92 Å². The Morgan fingerprint density at radius 2 is 1.77 bits per heavy atom. The molecule has 1 aliphatic heterocycles. The van der Waals surface area contributed by atoms with E-state index in [1.165, 1.54) is 0 Å². The standard InChI is InChI=1S/C23H37NO6/c1-5-24-11-20(25)7-6-17(29-3)22-15(20)9-13(18(22)24)21(26)10-14(28-2)12-8-16(22)23(21,27)19(12)30-4/h12-19,25-27H,5-11H2,1-4H3/t12-,13+,14-,15-,16+,17+,18-,19+,20-,21+,22-,23+/m1/s1. The molecule has 0 aromatic carbocycles. The summed E-state index contributed by atoms with van der Waals surface area (Å²) in [5.41, 5.74) is -3.81. The Hall–Kier alpha value is -0.280. The summed E-state index contributed by atoms with van der Waals surface area (Å²) < 4.78 is 18.0. The highest BCUT2D eigenvalue weighted by Crippen LogP contribution is 2.78. The van der Waals surface area contributed by atoms with Crippen molar-refractivity contribution < 1.29 is 29.5 Å². The molecule has 30 heavy (non-hydrogen) atoms. The third kappa shape index (κ3) is 1.80. The number of aliphatic hydroxyl groups is 3. The number of likely N-dealkylation sites (tertiary alicyclic amines) is 1. The molecule has 5 aliphatic carbocycles. The quantitative estimate of drug-likeness (QED) is 0.603. The molecule has 3 N–H and O–H groups in total. The zero-order valence-electron chi connectivity index (χ0n) is 18.6. The van der Waals surface area contributed by atoms with Gasteiger partial charge < -0.3 is 29.5 Å². The summed E-state index contributed by atoms with van der Waals surface area (Å²) in [4.78, 5) is 2.40. The van der Waals surface area contributed by atoms with Crippen molar-refractivity contribution in [3.63, 3.8) is 0 Å². The average Bonchev–Trinajstić information content (AvgIpc) is 3.16. The SMILES string of the molecule is CCN1C[C@]2(O)CC[C@H](OC)[C@]34[C@@H]2C[C@@H]([C@@H]13)[C@@]1(O)C[C@@H](OC)[C@H]2C[C@@H]4[C@]1(O)[C@H]2OC. The molecule has 0 amide bonds. The van der Waals surface area contributed by atoms with Crippen molar-refractivity contribution in [1.29, 1.82) is 0 Å². The first-order valence-electron chi connectivity index (χ1n) is 11.8. The lowest BCUT2D eigenvalue weighted by molar-refractivity contribution is -0.338. The van der Waals surface area contributed by atoms with Gasteiger partial charge in [0.1, 0.15) is 11.2 Å². The van der Waals surface area contributed by atoms with Gasteiger partial charge in [-0.05, 0) is 38.1 Å². The van der Waals surface area contributed by atoms with Crippen LogP contribution in [-0.4, -0.2) is 95.8 Å². The molecule has 6 aliphatic rings. The van der Waals surface area contributed by atoms with Gasteiger partial charge in [0, 0.05) is 63.5 Å². The first-order valence-corrected chi connectivity index (χ1v) is 11.8. The smallest absolute Gasteiger partial charge is 0.124 e. The van der Waals surface area contributed by atoms with Gasteiger partial charge >= 0.3 is 0 Å². The molecule has 6 fully saturated rings. The number of hydrogen-bond acceptors (Lipinski definition) is 7. The maximum absolute atomic E-state index is 12.4. The van der Waals surface area contributed by atoms with Crippen LogP contribution < -0.4 is 0 Å². The van der Waals surface area contributed by atoms with E-state index in [9.17, 15) is 15.3 Å². The molecular weight excluding hydrogens is 386 g/mol. The van der Waals surface area contributed by atoms with Crippen molar-refractivity contribution in [2.45, 2.75) is 80.2 Å². The maximum Gasteiger partial charge on any atom is 0.124 e. The second kappa shape index (κ2) is 5.99. The van der Waals surface area contributed by atoms with Gasteiger partial charge in [-0.3, -0.25) is 4.90 Å². The third-order valence-electron chi connectivity index (χ3n) is 10.9. The zero-order valence-corrected chi connectivity index (χ0v) is 18.6. The molecule has 1 saturated heterocycles. The van der Waals surface area contributed by atoms with Gasteiger partial charge in [0.25, 0.3) is 0 Å². The van der Waals surface area contributed by atoms with Crippen molar-refractivity contribution in [3.8, 4) is 0 Å². The van der Waals surface area contributed by atoms with Gasteiger partial charge in [0.15, 0.2) is 0 Å². The highest BCUT2D eigenvalue weighted by Gasteiger charge is 2.88. The lowest BCUT2D eigenvalue weighted by Crippen LogP contribution is -2.83. The molecule has 7 nitrogen and oxygen atoms in total. The summed E-state index contributed by atoms with van der Waals surface area (Å²) in [7, 11) is 5.13. The van der Waals surface area contributed by atoms with Crippen LogP contribution in [0.2, 0.25) is 0 Å². The van der Waals surface area contributed by atoms with E-state index in [1.54, 1.807) is 21.3 Å². The van der Waals surface area contributed by atoms with Crippen LogP contribution in [0, 0.1) is 29.1 Å². The van der Waals surface area contributed by atoms with E-state index in [-0.39, 0.29) is 47.3 Å². The molecule has 6 rings (SSSR count). The lowest BCUT2D eigenvalue weighted by Gasteiger charge is -2.70. The predicted octanol–water partition coefficient (Wildman–Crippen LogP) is 0.399. The molecule has 7 heteroatoms. The molecule has 0 unspecified atom stereocenters. The van der Waals surface area contributed by atoms with Gasteiger partial charge in [0.2, 0.25) is 0 Å². The molecular formula is C23H37NO6. The first-order chi connectivity index (χ1) is 14.3. The number of methoxy groups -OCH3 is 3. The van der Waals surface area contributed by atoms with E-state index >= 15 is 0 Å². The molecule has 1 spiro atoms. The Kier molecular flexibility index (Phi) is 4.06. The fraction of sp³-hybridized carbons (Fsp3) is 1.00. The normalized spacial score (nSPS) is 63.3. The number of hydrogen-bond donors (Lipinski definition) is 3. The summed E-state index contributed by atoms with van der Waals surface area (Å²) in [6.45, 7) is 3.62. The summed E-state index contributed by atoms with van der Waals surface area (Å²) in [6, 6.07) is 0.0974. The first kappa shape index (κ1) is 20.3. The van der Waals surface area contributed by atoms with E-state index in [0.29, 0.717) is 13.0 Å². The van der Waals surface area contributed by atoms with Crippen molar-refractivity contribution in [2.75, 3.05) is 34.4 Å². The minimum Gasteiger partial charge on any atom is -0.388 e. The Morgan fingerprint density at radius 1 is 1.00 bits per heavy atom. The third-order valence-corrected chi connectivity index (χ3v) is 10.9. The average molecular weight is 424 g/mol. The summed E-state index contributed by atoms with van der Waals surface area (Å²) in [6.07, 6.45) is 2.77. The lowest BCUT2D eigenvalue weighted by atomic mass is 9.44. The number of rotatable bonds is 4. The van der Waals surface area contributed by atoms with Crippen LogP contribution in [0.5, 0.6) is 0 Å². The topological polar surface area (TPSA) is 91.6 Å². The van der Waals surface area contributed by atoms with E-state index in [1.807, 2.05) is 0 Å². The number of fused-ring (bicyclic) bond motifs is 2. The largest absolute Gasteiger partial charge is 0.388 e. The molecule has 170 valence electrons. The Labute approximate surface area is 178 Å². The summed E-state index contributed by atoms with van der Waals surface area (Å²) in [5.74, 6) is -0.262. The van der Waals surface area contributed by atoms with Crippen LogP contribution >= 0.6 is 0 Å². The van der Waals surface area contributed by atoms with Gasteiger partial charge in [0.05, 0.1) is 23.9 Å². The summed E-state index contributed by atoms with van der Waals surface area (Å²) >= 11 is 0. The van der Waals surface area contributed by atoms with Crippen LogP contribution in [0.15, 0.2) is 0 Å². The molecule has 7 bridgehead atoms. The monoisotopic (exact) mass is 423 g/mol. The highest BCUT2D eigenvalue weighted by atomic mass is 16.5. The number of ether oxygens (including phenoxy) is 3.